The zero-order valence-corrected chi connectivity index (χ0v) is 11.3. The monoisotopic (exact) mass is 289 g/mol. The first-order valence-corrected chi connectivity index (χ1v) is 7.05. The van der Waals surface area contributed by atoms with Gasteiger partial charge in [0.2, 0.25) is 0 Å². The molecule has 0 heterocycles. The van der Waals surface area contributed by atoms with Gasteiger partial charge in [-0.2, -0.15) is 0 Å². The summed E-state index contributed by atoms with van der Waals surface area (Å²) in [6.45, 7) is 1.12. The standard InChI is InChI=1S/C15H16BrN/c16-14-8-9-15(17-10-11-4-3-5-11)13-7-2-1-6-12(13)14/h1-2,6-9,11,17H,3-5,10H2. The molecule has 1 N–H and O–H groups in total. The molecule has 0 saturated heterocycles. The minimum Gasteiger partial charge on any atom is -0.384 e. The maximum atomic E-state index is 3.61. The first kappa shape index (κ1) is 11.1. The maximum Gasteiger partial charge on any atom is 0.0420 e. The molecule has 2 aromatic rings. The quantitative estimate of drug-likeness (QED) is 0.855. The van der Waals surface area contributed by atoms with E-state index in [1.165, 1.54) is 40.2 Å². The molecule has 1 fully saturated rings. The molecule has 0 spiro atoms. The zero-order chi connectivity index (χ0) is 11.7. The Morgan fingerprint density at radius 1 is 1.06 bits per heavy atom. The van der Waals surface area contributed by atoms with Crippen LogP contribution in [0.4, 0.5) is 5.69 Å². The number of nitrogens with one attached hydrogen (secondary N) is 1. The van der Waals surface area contributed by atoms with E-state index < -0.39 is 0 Å². The van der Waals surface area contributed by atoms with Gasteiger partial charge in [0.25, 0.3) is 0 Å². The van der Waals surface area contributed by atoms with Crippen molar-refractivity contribution in [2.75, 3.05) is 11.9 Å². The Kier molecular flexibility index (Phi) is 3.06. The second-order valence-corrected chi connectivity index (χ2v) is 5.67. The summed E-state index contributed by atoms with van der Waals surface area (Å²) in [5, 5.41) is 6.19. The molecule has 1 saturated carbocycles. The van der Waals surface area contributed by atoms with Gasteiger partial charge in [0.15, 0.2) is 0 Å². The number of rotatable bonds is 3. The van der Waals surface area contributed by atoms with Crippen LogP contribution in [0, 0.1) is 5.92 Å². The van der Waals surface area contributed by atoms with Gasteiger partial charge in [-0.3, -0.25) is 0 Å². The molecule has 0 aliphatic heterocycles. The molecule has 17 heavy (non-hydrogen) atoms. The van der Waals surface area contributed by atoms with Crippen LogP contribution < -0.4 is 5.32 Å². The number of halogens is 1. The van der Waals surface area contributed by atoms with Crippen molar-refractivity contribution < 1.29 is 0 Å². The van der Waals surface area contributed by atoms with Crippen molar-refractivity contribution in [2.24, 2.45) is 5.92 Å². The molecular weight excluding hydrogens is 274 g/mol. The van der Waals surface area contributed by atoms with E-state index in [1.807, 2.05) is 0 Å². The molecule has 1 nitrogen and oxygen atoms in total. The van der Waals surface area contributed by atoms with E-state index in [2.05, 4.69) is 57.6 Å². The van der Waals surface area contributed by atoms with E-state index in [4.69, 9.17) is 0 Å². The van der Waals surface area contributed by atoms with E-state index in [0.29, 0.717) is 0 Å². The summed E-state index contributed by atoms with van der Waals surface area (Å²) in [6.07, 6.45) is 4.19. The predicted octanol–water partition coefficient (Wildman–Crippen LogP) is 4.81. The van der Waals surface area contributed by atoms with Gasteiger partial charge < -0.3 is 5.32 Å². The maximum absolute atomic E-state index is 3.61. The van der Waals surface area contributed by atoms with E-state index in [0.717, 1.165) is 12.5 Å². The van der Waals surface area contributed by atoms with Crippen LogP contribution in [-0.2, 0) is 0 Å². The summed E-state index contributed by atoms with van der Waals surface area (Å²) in [7, 11) is 0. The molecule has 1 aliphatic carbocycles. The molecule has 2 heteroatoms. The molecule has 0 amide bonds. The summed E-state index contributed by atoms with van der Waals surface area (Å²) in [4.78, 5) is 0. The topological polar surface area (TPSA) is 12.0 Å². The fourth-order valence-corrected chi connectivity index (χ4v) is 2.85. The predicted molar refractivity (Wildman–Crippen MR) is 77.5 cm³/mol. The van der Waals surface area contributed by atoms with Crippen molar-refractivity contribution in [1.29, 1.82) is 0 Å². The Labute approximate surface area is 110 Å². The van der Waals surface area contributed by atoms with Gasteiger partial charge in [0.05, 0.1) is 0 Å². The first-order chi connectivity index (χ1) is 8.34. The smallest absolute Gasteiger partial charge is 0.0420 e. The van der Waals surface area contributed by atoms with Crippen LogP contribution in [0.1, 0.15) is 19.3 Å². The van der Waals surface area contributed by atoms with E-state index in [1.54, 1.807) is 0 Å². The third-order valence-corrected chi connectivity index (χ3v) is 4.37. The highest BCUT2D eigenvalue weighted by molar-refractivity contribution is 9.10. The molecule has 3 rings (SSSR count). The highest BCUT2D eigenvalue weighted by Gasteiger charge is 2.17. The highest BCUT2D eigenvalue weighted by atomic mass is 79.9. The summed E-state index contributed by atoms with van der Waals surface area (Å²) in [6, 6.07) is 12.8. The zero-order valence-electron chi connectivity index (χ0n) is 9.75. The van der Waals surface area contributed by atoms with Gasteiger partial charge in [0, 0.05) is 22.1 Å². The van der Waals surface area contributed by atoms with Crippen LogP contribution in [0.2, 0.25) is 0 Å². The van der Waals surface area contributed by atoms with E-state index >= 15 is 0 Å². The van der Waals surface area contributed by atoms with Crippen molar-refractivity contribution in [2.45, 2.75) is 19.3 Å². The molecular formula is C15H16BrN. The average Bonchev–Trinajstić information content (AvgIpc) is 2.30. The first-order valence-electron chi connectivity index (χ1n) is 6.26. The van der Waals surface area contributed by atoms with E-state index in [-0.39, 0.29) is 0 Å². The van der Waals surface area contributed by atoms with Crippen LogP contribution in [0.5, 0.6) is 0 Å². The molecule has 0 radical (unpaired) electrons. The third kappa shape index (κ3) is 2.19. The Morgan fingerprint density at radius 3 is 2.53 bits per heavy atom. The van der Waals surface area contributed by atoms with Crippen molar-refractivity contribution in [3.8, 4) is 0 Å². The van der Waals surface area contributed by atoms with Crippen LogP contribution >= 0.6 is 15.9 Å². The minimum atomic E-state index is 0.886. The van der Waals surface area contributed by atoms with Crippen LogP contribution in [0.25, 0.3) is 10.8 Å². The number of hydrogen-bond donors (Lipinski definition) is 1. The van der Waals surface area contributed by atoms with Crippen molar-refractivity contribution in [3.63, 3.8) is 0 Å². The van der Waals surface area contributed by atoms with Crippen molar-refractivity contribution in [3.05, 3.63) is 40.9 Å². The largest absolute Gasteiger partial charge is 0.384 e. The lowest BCUT2D eigenvalue weighted by Crippen LogP contribution is -2.20. The van der Waals surface area contributed by atoms with Crippen LogP contribution in [0.3, 0.4) is 0 Å². The lowest BCUT2D eigenvalue weighted by Gasteiger charge is -2.26. The number of hydrogen-bond acceptors (Lipinski definition) is 1. The molecule has 0 aromatic heterocycles. The lowest BCUT2D eigenvalue weighted by atomic mass is 9.85. The molecule has 0 bridgehead atoms. The molecule has 88 valence electrons. The number of anilines is 1. The molecule has 0 atom stereocenters. The summed E-state index contributed by atoms with van der Waals surface area (Å²) in [5.74, 6) is 0.886. The van der Waals surface area contributed by atoms with Gasteiger partial charge in [0.1, 0.15) is 0 Å². The Bertz CT molecular complexity index is 531. The van der Waals surface area contributed by atoms with Crippen LogP contribution in [0.15, 0.2) is 40.9 Å². The summed E-state index contributed by atoms with van der Waals surface area (Å²) < 4.78 is 1.17. The average molecular weight is 290 g/mol. The van der Waals surface area contributed by atoms with Gasteiger partial charge >= 0.3 is 0 Å². The molecule has 2 aromatic carbocycles. The lowest BCUT2D eigenvalue weighted by molar-refractivity contribution is 0.333. The summed E-state index contributed by atoms with van der Waals surface area (Å²) >= 11 is 3.61. The van der Waals surface area contributed by atoms with Gasteiger partial charge in [-0.05, 0) is 36.3 Å². The summed E-state index contributed by atoms with van der Waals surface area (Å²) in [5.41, 5.74) is 1.26. The Morgan fingerprint density at radius 2 is 1.82 bits per heavy atom. The van der Waals surface area contributed by atoms with Crippen molar-refractivity contribution in [1.82, 2.24) is 0 Å². The Hall–Kier alpha value is -1.02. The highest BCUT2D eigenvalue weighted by Crippen LogP contribution is 2.31. The second-order valence-electron chi connectivity index (χ2n) is 4.82. The second kappa shape index (κ2) is 4.69. The number of fused-ring (bicyclic) bond motifs is 1. The molecule has 1 aliphatic rings. The van der Waals surface area contributed by atoms with Gasteiger partial charge in [-0.1, -0.05) is 46.6 Å². The SMILES string of the molecule is Brc1ccc(NCC2CCC2)c2ccccc12. The van der Waals surface area contributed by atoms with Gasteiger partial charge in [-0.25, -0.2) is 0 Å². The number of benzene rings is 2. The molecule has 0 unspecified atom stereocenters. The third-order valence-electron chi connectivity index (χ3n) is 3.68. The fourth-order valence-electron chi connectivity index (χ4n) is 2.37. The van der Waals surface area contributed by atoms with Crippen LogP contribution in [-0.4, -0.2) is 6.54 Å². The van der Waals surface area contributed by atoms with E-state index in [9.17, 15) is 0 Å². The Balaban J connectivity index is 1.90. The minimum absolute atomic E-state index is 0.886. The van der Waals surface area contributed by atoms with Gasteiger partial charge in [-0.15, -0.1) is 0 Å². The normalized spacial score (nSPS) is 15.8. The fraction of sp³-hybridized carbons (Fsp3) is 0.333. The van der Waals surface area contributed by atoms with Crippen molar-refractivity contribution >= 4 is 32.4 Å².